The van der Waals surface area contributed by atoms with Crippen LogP contribution in [0.4, 0.5) is 0 Å². The summed E-state index contributed by atoms with van der Waals surface area (Å²) in [5.74, 6) is 1.07. The summed E-state index contributed by atoms with van der Waals surface area (Å²) in [6, 6.07) is 7.81. The first-order valence-electron chi connectivity index (χ1n) is 7.34. The summed E-state index contributed by atoms with van der Waals surface area (Å²) >= 11 is 0. The Morgan fingerprint density at radius 1 is 1.05 bits per heavy atom. The zero-order chi connectivity index (χ0) is 15.7. The maximum Gasteiger partial charge on any atom is 0.130 e. The van der Waals surface area contributed by atoms with Gasteiger partial charge >= 0.3 is 0 Å². The molecule has 0 aliphatic carbocycles. The second-order valence-electron chi connectivity index (χ2n) is 3.05. The lowest BCUT2D eigenvalue weighted by Crippen LogP contribution is -1.94. The van der Waals surface area contributed by atoms with Gasteiger partial charge in [-0.1, -0.05) is 53.7 Å². The number of hydrogen-bond acceptors (Lipinski definition) is 2. The quantitative estimate of drug-likeness (QED) is 0.741. The summed E-state index contributed by atoms with van der Waals surface area (Å²) in [4.78, 5) is 10.7. The van der Waals surface area contributed by atoms with Gasteiger partial charge in [-0.3, -0.25) is 0 Å². The van der Waals surface area contributed by atoms with E-state index in [1.54, 1.807) is 14.0 Å². The third kappa shape index (κ3) is 14.6. The van der Waals surface area contributed by atoms with Crippen LogP contribution in [0.25, 0.3) is 0 Å². The summed E-state index contributed by atoms with van der Waals surface area (Å²) in [5.41, 5.74) is 1.15. The molecule has 0 amide bonds. The molecule has 2 nitrogen and oxygen atoms in total. The summed E-state index contributed by atoms with van der Waals surface area (Å²) < 4.78 is 5.08. The van der Waals surface area contributed by atoms with Crippen LogP contribution in [0.1, 0.15) is 60.5 Å². The molecule has 0 bridgehead atoms. The fraction of sp³-hybridized carbons (Fsp3) is 0.588. The normalized spacial score (nSPS) is 7.58. The van der Waals surface area contributed by atoms with E-state index in [-0.39, 0.29) is 5.78 Å². The number of methoxy groups -OCH3 is 1. The molecule has 19 heavy (non-hydrogen) atoms. The molecule has 0 unspecified atom stereocenters. The predicted octanol–water partition coefficient (Wildman–Crippen LogP) is 5.30. The fourth-order valence-electron chi connectivity index (χ4n) is 1.15. The molecule has 0 saturated carbocycles. The van der Waals surface area contributed by atoms with Gasteiger partial charge in [0.2, 0.25) is 0 Å². The second kappa shape index (κ2) is 19.0. The maximum absolute atomic E-state index is 10.7. The van der Waals surface area contributed by atoms with Crippen molar-refractivity contribution in [1.29, 1.82) is 0 Å². The summed E-state index contributed by atoms with van der Waals surface area (Å²) in [6.07, 6.45) is 1.40. The van der Waals surface area contributed by atoms with Gasteiger partial charge in [0.25, 0.3) is 0 Å². The highest BCUT2D eigenvalue weighted by molar-refractivity contribution is 5.75. The fourth-order valence-corrected chi connectivity index (χ4v) is 1.15. The third-order valence-corrected chi connectivity index (χ3v) is 1.90. The molecule has 2 heteroatoms. The first kappa shape index (κ1) is 22.8. The lowest BCUT2D eigenvalue weighted by molar-refractivity contribution is -0.116. The van der Waals surface area contributed by atoms with Crippen LogP contribution in [0.3, 0.4) is 0 Å². The number of carbonyl (C=O) groups excluding carboxylic acids is 1. The Morgan fingerprint density at radius 3 is 2.00 bits per heavy atom. The number of hydrogen-bond donors (Lipinski definition) is 0. The van der Waals surface area contributed by atoms with E-state index in [1.807, 2.05) is 65.8 Å². The Morgan fingerprint density at radius 2 is 1.58 bits per heavy atom. The van der Waals surface area contributed by atoms with Crippen molar-refractivity contribution in [2.75, 3.05) is 7.11 Å². The minimum absolute atomic E-state index is 0.225. The van der Waals surface area contributed by atoms with E-state index < -0.39 is 0 Å². The van der Waals surface area contributed by atoms with Crippen molar-refractivity contribution in [3.8, 4) is 5.75 Å². The zero-order valence-electron chi connectivity index (χ0n) is 14.0. The first-order valence-corrected chi connectivity index (χ1v) is 7.34. The number of aryl methyl sites for hydroxylation is 1. The molecular formula is C17H32O2. The number of carbonyl (C=O) groups is 1. The molecule has 0 atom stereocenters. The topological polar surface area (TPSA) is 26.3 Å². The molecule has 0 heterocycles. The Hall–Kier alpha value is -1.31. The summed E-state index contributed by atoms with van der Waals surface area (Å²) in [7, 11) is 1.64. The monoisotopic (exact) mass is 268 g/mol. The lowest BCUT2D eigenvalue weighted by Gasteiger charge is -2.02. The van der Waals surface area contributed by atoms with Gasteiger partial charge in [-0.05, 0) is 31.0 Å². The molecule has 112 valence electrons. The van der Waals surface area contributed by atoms with Crippen LogP contribution < -0.4 is 4.74 Å². The smallest absolute Gasteiger partial charge is 0.130 e. The van der Waals surface area contributed by atoms with Gasteiger partial charge in [-0.15, -0.1) is 0 Å². The van der Waals surface area contributed by atoms with Gasteiger partial charge in [0.05, 0.1) is 7.11 Å². The molecule has 0 saturated heterocycles. The molecular weight excluding hydrogens is 236 g/mol. The minimum atomic E-state index is 0.225. The van der Waals surface area contributed by atoms with Gasteiger partial charge in [0.1, 0.15) is 11.5 Å². The van der Waals surface area contributed by atoms with Gasteiger partial charge in [0.15, 0.2) is 0 Å². The molecule has 0 aliphatic rings. The molecule has 0 fully saturated rings. The van der Waals surface area contributed by atoms with E-state index >= 15 is 0 Å². The molecule has 1 aromatic rings. The van der Waals surface area contributed by atoms with E-state index in [0.29, 0.717) is 6.42 Å². The SMILES string of the molecule is CC.CC.CC.COc1cccc(CCC(C)=O)c1. The standard InChI is InChI=1S/C11H14O2.3C2H6/c1-9(12)6-7-10-4-3-5-11(8-10)13-2;3*1-2/h3-5,8H,6-7H2,1-2H3;3*1-2H3. The van der Waals surface area contributed by atoms with Crippen LogP contribution in [-0.4, -0.2) is 12.9 Å². The largest absolute Gasteiger partial charge is 0.497 e. The number of ketones is 1. The van der Waals surface area contributed by atoms with Crippen LogP contribution in [0, 0.1) is 0 Å². The first-order chi connectivity index (χ1) is 9.22. The number of rotatable bonds is 4. The molecule has 1 aromatic carbocycles. The van der Waals surface area contributed by atoms with Crippen molar-refractivity contribution >= 4 is 5.78 Å². The van der Waals surface area contributed by atoms with Crippen molar-refractivity contribution in [2.24, 2.45) is 0 Å². The number of ether oxygens (including phenoxy) is 1. The van der Waals surface area contributed by atoms with Gasteiger partial charge in [0, 0.05) is 6.42 Å². The molecule has 0 radical (unpaired) electrons. The summed E-state index contributed by atoms with van der Waals surface area (Å²) in [5, 5.41) is 0. The van der Waals surface area contributed by atoms with Crippen LogP contribution in [0.5, 0.6) is 5.75 Å². The molecule has 0 aliphatic heterocycles. The van der Waals surface area contributed by atoms with E-state index in [0.717, 1.165) is 17.7 Å². The predicted molar refractivity (Wildman–Crippen MR) is 86.0 cm³/mol. The zero-order valence-corrected chi connectivity index (χ0v) is 14.0. The van der Waals surface area contributed by atoms with Crippen LogP contribution in [0.15, 0.2) is 24.3 Å². The van der Waals surface area contributed by atoms with Crippen molar-refractivity contribution in [3.05, 3.63) is 29.8 Å². The average Bonchev–Trinajstić information content (AvgIpc) is 2.51. The van der Waals surface area contributed by atoms with Gasteiger partial charge in [-0.2, -0.15) is 0 Å². The van der Waals surface area contributed by atoms with Crippen LogP contribution in [0.2, 0.25) is 0 Å². The molecule has 0 N–H and O–H groups in total. The van der Waals surface area contributed by atoms with Crippen molar-refractivity contribution in [3.63, 3.8) is 0 Å². The number of benzene rings is 1. The van der Waals surface area contributed by atoms with E-state index in [4.69, 9.17) is 4.74 Å². The lowest BCUT2D eigenvalue weighted by atomic mass is 10.1. The molecule has 0 aromatic heterocycles. The highest BCUT2D eigenvalue weighted by atomic mass is 16.5. The number of Topliss-reactive ketones (excluding diaryl/α,β-unsaturated/α-hetero) is 1. The van der Waals surface area contributed by atoms with E-state index in [9.17, 15) is 4.79 Å². The second-order valence-corrected chi connectivity index (χ2v) is 3.05. The Labute approximate surface area is 120 Å². The Balaban J connectivity index is -0.000000375. The van der Waals surface area contributed by atoms with Crippen LogP contribution in [-0.2, 0) is 11.2 Å². The van der Waals surface area contributed by atoms with Crippen LogP contribution >= 0.6 is 0 Å². The van der Waals surface area contributed by atoms with E-state index in [1.165, 1.54) is 0 Å². The molecule has 0 spiro atoms. The minimum Gasteiger partial charge on any atom is -0.497 e. The Bertz CT molecular complexity index is 293. The van der Waals surface area contributed by atoms with Gasteiger partial charge in [-0.25, -0.2) is 0 Å². The van der Waals surface area contributed by atoms with E-state index in [2.05, 4.69) is 0 Å². The Kier molecular flexibility index (Phi) is 22.9. The maximum atomic E-state index is 10.7. The van der Waals surface area contributed by atoms with Crippen molar-refractivity contribution in [1.82, 2.24) is 0 Å². The highest BCUT2D eigenvalue weighted by Crippen LogP contribution is 2.13. The summed E-state index contributed by atoms with van der Waals surface area (Å²) in [6.45, 7) is 13.6. The highest BCUT2D eigenvalue weighted by Gasteiger charge is 1.97. The van der Waals surface area contributed by atoms with Crippen molar-refractivity contribution in [2.45, 2.75) is 61.3 Å². The van der Waals surface area contributed by atoms with Crippen molar-refractivity contribution < 1.29 is 9.53 Å². The average molecular weight is 268 g/mol. The third-order valence-electron chi connectivity index (χ3n) is 1.90. The molecule has 1 rings (SSSR count). The van der Waals surface area contributed by atoms with Gasteiger partial charge < -0.3 is 9.53 Å².